The molecule has 3 heteroatoms. The van der Waals surface area contributed by atoms with Gasteiger partial charge in [0, 0.05) is 12.5 Å². The Kier molecular flexibility index (Phi) is 4.29. The van der Waals surface area contributed by atoms with Gasteiger partial charge in [0.15, 0.2) is 0 Å². The number of aryl methyl sites for hydroxylation is 1. The van der Waals surface area contributed by atoms with Crippen LogP contribution in [0.1, 0.15) is 17.5 Å². The molecule has 0 saturated heterocycles. The quantitative estimate of drug-likeness (QED) is 0.588. The number of carboxylic acid groups (broad SMARTS) is 1. The molecule has 78 valence electrons. The van der Waals surface area contributed by atoms with Crippen LogP contribution in [0.3, 0.4) is 0 Å². The van der Waals surface area contributed by atoms with E-state index in [1.807, 2.05) is 24.3 Å². The molecule has 0 saturated carbocycles. The predicted octanol–water partition coefficient (Wildman–Crippen LogP) is 1.92. The third-order valence-corrected chi connectivity index (χ3v) is 1.95. The largest absolute Gasteiger partial charge is 0.478 e. The molecule has 0 bridgehead atoms. The second-order valence-electron chi connectivity index (χ2n) is 3.12. The molecule has 1 N–H and O–H groups in total. The van der Waals surface area contributed by atoms with Crippen LogP contribution < -0.4 is 0 Å². The van der Waals surface area contributed by atoms with Gasteiger partial charge in [0.2, 0.25) is 0 Å². The van der Waals surface area contributed by atoms with Crippen molar-refractivity contribution in [2.45, 2.75) is 12.8 Å². The molecule has 0 aliphatic heterocycles. The Labute approximate surface area is 88.0 Å². The molecule has 0 aliphatic rings. The van der Waals surface area contributed by atoms with Crippen LogP contribution in [-0.4, -0.2) is 17.4 Å². The van der Waals surface area contributed by atoms with E-state index in [2.05, 4.69) is 0 Å². The predicted molar refractivity (Wildman–Crippen MR) is 57.5 cm³/mol. The minimum absolute atomic E-state index is 0.518. The van der Waals surface area contributed by atoms with Gasteiger partial charge >= 0.3 is 5.97 Å². The van der Waals surface area contributed by atoms with Crippen molar-refractivity contribution in [3.05, 3.63) is 41.5 Å². The number of carboxylic acids is 1. The van der Waals surface area contributed by atoms with E-state index < -0.39 is 5.97 Å². The summed E-state index contributed by atoms with van der Waals surface area (Å²) in [5, 5.41) is 8.42. The maximum Gasteiger partial charge on any atom is 0.328 e. The SMILES string of the molecule is O=CCCc1ccc(C=CC(=O)O)cc1. The normalized spacial score (nSPS) is 10.4. The molecule has 0 aromatic heterocycles. The lowest BCUT2D eigenvalue weighted by Crippen LogP contribution is -1.87. The highest BCUT2D eigenvalue weighted by atomic mass is 16.4. The molecule has 15 heavy (non-hydrogen) atoms. The number of aliphatic carboxylic acids is 1. The first-order valence-electron chi connectivity index (χ1n) is 4.66. The fraction of sp³-hybridized carbons (Fsp3) is 0.167. The Morgan fingerprint density at radius 1 is 1.27 bits per heavy atom. The molecule has 0 aliphatic carbocycles. The molecule has 0 unspecified atom stereocenters. The minimum atomic E-state index is -0.958. The number of hydrogen-bond acceptors (Lipinski definition) is 2. The topological polar surface area (TPSA) is 54.4 Å². The van der Waals surface area contributed by atoms with Gasteiger partial charge < -0.3 is 9.90 Å². The number of rotatable bonds is 5. The molecule has 3 nitrogen and oxygen atoms in total. The third-order valence-electron chi connectivity index (χ3n) is 1.95. The standard InChI is InChI=1S/C12H12O3/c13-9-1-2-10-3-5-11(6-4-10)7-8-12(14)15/h3-9H,1-2H2,(H,14,15). The molecule has 1 rings (SSSR count). The first-order valence-corrected chi connectivity index (χ1v) is 4.66. The summed E-state index contributed by atoms with van der Waals surface area (Å²) in [6.45, 7) is 0. The molecule has 1 aromatic rings. The zero-order valence-electron chi connectivity index (χ0n) is 8.22. The molecule has 0 spiro atoms. The van der Waals surface area contributed by atoms with Crippen molar-refractivity contribution in [3.8, 4) is 0 Å². The van der Waals surface area contributed by atoms with Gasteiger partial charge in [-0.05, 0) is 23.6 Å². The molecular weight excluding hydrogens is 192 g/mol. The molecule has 0 atom stereocenters. The summed E-state index contributed by atoms with van der Waals surface area (Å²) in [5.74, 6) is -0.958. The van der Waals surface area contributed by atoms with Crippen molar-refractivity contribution < 1.29 is 14.7 Å². The first-order chi connectivity index (χ1) is 7.22. The average molecular weight is 204 g/mol. The molecule has 0 radical (unpaired) electrons. The Hall–Kier alpha value is -1.90. The molecule has 0 amide bonds. The summed E-state index contributed by atoms with van der Waals surface area (Å²) < 4.78 is 0. The summed E-state index contributed by atoms with van der Waals surface area (Å²) in [6.07, 6.45) is 4.77. The van der Waals surface area contributed by atoms with E-state index in [1.165, 1.54) is 6.08 Å². The smallest absolute Gasteiger partial charge is 0.328 e. The van der Waals surface area contributed by atoms with Crippen LogP contribution in [0.25, 0.3) is 6.08 Å². The Morgan fingerprint density at radius 3 is 2.47 bits per heavy atom. The highest BCUT2D eigenvalue weighted by Crippen LogP contribution is 2.07. The van der Waals surface area contributed by atoms with E-state index in [0.717, 1.165) is 29.9 Å². The van der Waals surface area contributed by atoms with Crippen LogP contribution >= 0.6 is 0 Å². The number of hydrogen-bond donors (Lipinski definition) is 1. The second-order valence-corrected chi connectivity index (χ2v) is 3.12. The molecule has 0 fully saturated rings. The summed E-state index contributed by atoms with van der Waals surface area (Å²) >= 11 is 0. The van der Waals surface area contributed by atoms with E-state index >= 15 is 0 Å². The zero-order chi connectivity index (χ0) is 11.1. The lowest BCUT2D eigenvalue weighted by atomic mass is 10.1. The minimum Gasteiger partial charge on any atom is -0.478 e. The highest BCUT2D eigenvalue weighted by molar-refractivity contribution is 5.85. The number of aldehydes is 1. The van der Waals surface area contributed by atoms with Crippen LogP contribution in [0.5, 0.6) is 0 Å². The van der Waals surface area contributed by atoms with Crippen molar-refractivity contribution >= 4 is 18.3 Å². The summed E-state index contributed by atoms with van der Waals surface area (Å²) in [4.78, 5) is 20.4. The van der Waals surface area contributed by atoms with Crippen molar-refractivity contribution in [2.75, 3.05) is 0 Å². The van der Waals surface area contributed by atoms with Gasteiger partial charge in [0.1, 0.15) is 6.29 Å². The second kappa shape index (κ2) is 5.75. The van der Waals surface area contributed by atoms with Gasteiger partial charge in [-0.15, -0.1) is 0 Å². The molecule has 0 heterocycles. The Bertz CT molecular complexity index is 363. The van der Waals surface area contributed by atoms with Crippen LogP contribution in [0.15, 0.2) is 30.3 Å². The molecule has 1 aromatic carbocycles. The average Bonchev–Trinajstić information content (AvgIpc) is 2.25. The number of benzene rings is 1. The van der Waals surface area contributed by atoms with Crippen molar-refractivity contribution in [1.82, 2.24) is 0 Å². The first kappa shape index (κ1) is 11.2. The zero-order valence-corrected chi connectivity index (χ0v) is 8.22. The van der Waals surface area contributed by atoms with Gasteiger partial charge in [-0.1, -0.05) is 24.3 Å². The van der Waals surface area contributed by atoms with Crippen molar-refractivity contribution in [2.24, 2.45) is 0 Å². The lowest BCUT2D eigenvalue weighted by molar-refractivity contribution is -0.131. The van der Waals surface area contributed by atoms with Gasteiger partial charge in [0.25, 0.3) is 0 Å². The maximum absolute atomic E-state index is 10.3. The van der Waals surface area contributed by atoms with Crippen LogP contribution in [0.2, 0.25) is 0 Å². The van der Waals surface area contributed by atoms with Gasteiger partial charge in [-0.3, -0.25) is 0 Å². The Morgan fingerprint density at radius 2 is 1.93 bits per heavy atom. The summed E-state index contributed by atoms with van der Waals surface area (Å²) in [5.41, 5.74) is 1.92. The van der Waals surface area contributed by atoms with E-state index in [4.69, 9.17) is 5.11 Å². The van der Waals surface area contributed by atoms with Crippen molar-refractivity contribution in [1.29, 1.82) is 0 Å². The third kappa shape index (κ3) is 4.22. The highest BCUT2D eigenvalue weighted by Gasteiger charge is 1.93. The van der Waals surface area contributed by atoms with Crippen LogP contribution in [0, 0.1) is 0 Å². The fourth-order valence-electron chi connectivity index (χ4n) is 1.19. The Balaban J connectivity index is 2.63. The van der Waals surface area contributed by atoms with Gasteiger partial charge in [0.05, 0.1) is 0 Å². The van der Waals surface area contributed by atoms with E-state index in [1.54, 1.807) is 0 Å². The van der Waals surface area contributed by atoms with E-state index in [9.17, 15) is 9.59 Å². The van der Waals surface area contributed by atoms with Crippen LogP contribution in [-0.2, 0) is 16.0 Å². The number of carbonyl (C=O) groups is 2. The lowest BCUT2D eigenvalue weighted by Gasteiger charge is -1.98. The van der Waals surface area contributed by atoms with E-state index in [0.29, 0.717) is 6.42 Å². The van der Waals surface area contributed by atoms with Gasteiger partial charge in [-0.25, -0.2) is 4.79 Å². The number of carbonyl (C=O) groups excluding carboxylic acids is 1. The monoisotopic (exact) mass is 204 g/mol. The van der Waals surface area contributed by atoms with Gasteiger partial charge in [-0.2, -0.15) is 0 Å². The molecular formula is C12H12O3. The fourth-order valence-corrected chi connectivity index (χ4v) is 1.19. The maximum atomic E-state index is 10.3. The van der Waals surface area contributed by atoms with E-state index in [-0.39, 0.29) is 0 Å². The summed E-state index contributed by atoms with van der Waals surface area (Å²) in [7, 11) is 0. The van der Waals surface area contributed by atoms with Crippen LogP contribution in [0.4, 0.5) is 0 Å². The summed E-state index contributed by atoms with van der Waals surface area (Å²) in [6, 6.07) is 7.45. The van der Waals surface area contributed by atoms with Crippen molar-refractivity contribution in [3.63, 3.8) is 0 Å².